The van der Waals surface area contributed by atoms with Gasteiger partial charge < -0.3 is 42.7 Å². The molecule has 0 saturated carbocycles. The van der Waals surface area contributed by atoms with E-state index in [0.29, 0.717) is 19.4 Å². The minimum absolute atomic E-state index is 0.0512. The van der Waals surface area contributed by atoms with E-state index >= 15 is 0 Å². The second-order valence-corrected chi connectivity index (χ2v) is 7.49. The van der Waals surface area contributed by atoms with E-state index in [1.54, 1.807) is 0 Å². The summed E-state index contributed by atoms with van der Waals surface area (Å²) in [6.45, 7) is 0.328. The van der Waals surface area contributed by atoms with Crippen molar-refractivity contribution >= 4 is 48.3 Å². The number of amides is 3. The predicted octanol–water partition coefficient (Wildman–Crippen LogP) is -2.75. The number of aliphatic carboxylic acids is 3. The Morgan fingerprint density at radius 1 is 0.758 bits per heavy atom. The van der Waals surface area contributed by atoms with E-state index < -0.39 is 66.2 Å². The minimum Gasteiger partial charge on any atom is -0.481 e. The van der Waals surface area contributed by atoms with Crippen LogP contribution < -0.4 is 27.4 Å². The number of nitrogens with one attached hydrogen (secondary N) is 3. The minimum atomic E-state index is -1.63. The van der Waals surface area contributed by atoms with Crippen LogP contribution in [0.1, 0.15) is 38.5 Å². The lowest BCUT2D eigenvalue weighted by Gasteiger charge is -2.23. The first-order chi connectivity index (χ1) is 15.4. The highest BCUT2D eigenvalue weighted by Crippen LogP contribution is 2.04. The van der Waals surface area contributed by atoms with Crippen LogP contribution in [0, 0.1) is 0 Å². The number of rotatable bonds is 17. The van der Waals surface area contributed by atoms with Crippen molar-refractivity contribution in [2.75, 3.05) is 12.3 Å². The number of carbonyl (C=O) groups is 6. The van der Waals surface area contributed by atoms with Crippen molar-refractivity contribution in [3.05, 3.63) is 0 Å². The Bertz CT molecular complexity index is 721. The molecule has 0 aromatic rings. The summed E-state index contributed by atoms with van der Waals surface area (Å²) in [4.78, 5) is 70.2. The summed E-state index contributed by atoms with van der Waals surface area (Å²) in [6, 6.07) is -5.49. The molecule has 15 heteroatoms. The van der Waals surface area contributed by atoms with Crippen molar-refractivity contribution in [2.45, 2.75) is 62.7 Å². The molecular formula is C18H31N5O9S. The third kappa shape index (κ3) is 12.6. The van der Waals surface area contributed by atoms with Gasteiger partial charge in [0.05, 0.1) is 12.5 Å². The zero-order valence-electron chi connectivity index (χ0n) is 17.9. The number of hydrogen-bond acceptors (Lipinski definition) is 9. The summed E-state index contributed by atoms with van der Waals surface area (Å²) in [6.07, 6.45) is -0.434. The van der Waals surface area contributed by atoms with Crippen LogP contribution in [0.4, 0.5) is 0 Å². The summed E-state index contributed by atoms with van der Waals surface area (Å²) >= 11 is 3.94. The average molecular weight is 494 g/mol. The van der Waals surface area contributed by atoms with Gasteiger partial charge in [0.25, 0.3) is 0 Å². The van der Waals surface area contributed by atoms with E-state index in [2.05, 4.69) is 28.6 Å². The highest BCUT2D eigenvalue weighted by Gasteiger charge is 2.31. The molecule has 4 atom stereocenters. The van der Waals surface area contributed by atoms with Gasteiger partial charge in [-0.15, -0.1) is 0 Å². The van der Waals surface area contributed by atoms with Crippen molar-refractivity contribution in [2.24, 2.45) is 11.5 Å². The second kappa shape index (κ2) is 15.8. The fourth-order valence-corrected chi connectivity index (χ4v) is 2.82. The van der Waals surface area contributed by atoms with Gasteiger partial charge in [-0.05, 0) is 32.2 Å². The monoisotopic (exact) mass is 493 g/mol. The molecule has 0 bridgehead atoms. The number of nitrogens with two attached hydrogens (primary N) is 2. The average Bonchev–Trinajstić information content (AvgIpc) is 2.73. The third-order valence-corrected chi connectivity index (χ3v) is 4.76. The molecular weight excluding hydrogens is 462 g/mol. The molecule has 0 rings (SSSR count). The molecule has 0 aromatic carbocycles. The van der Waals surface area contributed by atoms with E-state index in [1.807, 2.05) is 0 Å². The molecule has 0 fully saturated rings. The zero-order chi connectivity index (χ0) is 25.6. The Balaban J connectivity index is 5.20. The molecule has 0 heterocycles. The highest BCUT2D eigenvalue weighted by molar-refractivity contribution is 7.80. The zero-order valence-corrected chi connectivity index (χ0v) is 18.8. The van der Waals surface area contributed by atoms with Crippen LogP contribution in [0.15, 0.2) is 0 Å². The number of carboxylic acid groups (broad SMARTS) is 3. The number of hydrogen-bond donors (Lipinski definition) is 9. The third-order valence-electron chi connectivity index (χ3n) is 4.39. The molecule has 188 valence electrons. The molecule has 0 aromatic heterocycles. The molecule has 33 heavy (non-hydrogen) atoms. The number of carboxylic acids is 3. The lowest BCUT2D eigenvalue weighted by molar-refractivity contribution is -0.144. The van der Waals surface area contributed by atoms with Crippen LogP contribution in [0.3, 0.4) is 0 Å². The molecule has 0 aliphatic rings. The van der Waals surface area contributed by atoms with Gasteiger partial charge in [-0.25, -0.2) is 4.79 Å². The summed E-state index contributed by atoms with van der Waals surface area (Å²) < 4.78 is 0. The molecule has 10 N–H and O–H groups in total. The molecule has 14 nitrogen and oxygen atoms in total. The van der Waals surface area contributed by atoms with Crippen molar-refractivity contribution in [1.82, 2.24) is 16.0 Å². The molecule has 0 aliphatic carbocycles. The molecule has 4 unspecified atom stereocenters. The Morgan fingerprint density at radius 2 is 1.30 bits per heavy atom. The molecule has 0 spiro atoms. The Kier molecular flexibility index (Phi) is 14.4. The van der Waals surface area contributed by atoms with E-state index in [1.165, 1.54) is 0 Å². The van der Waals surface area contributed by atoms with Crippen LogP contribution in [-0.4, -0.2) is 87.4 Å². The second-order valence-electron chi connectivity index (χ2n) is 7.13. The van der Waals surface area contributed by atoms with Crippen LogP contribution in [-0.2, 0) is 28.8 Å². The van der Waals surface area contributed by atoms with Crippen molar-refractivity contribution in [3.63, 3.8) is 0 Å². The topological polar surface area (TPSA) is 251 Å². The maximum Gasteiger partial charge on any atom is 0.326 e. The first kappa shape index (κ1) is 30.1. The van der Waals surface area contributed by atoms with E-state index in [0.717, 1.165) is 0 Å². The van der Waals surface area contributed by atoms with Gasteiger partial charge in [0.2, 0.25) is 17.7 Å². The molecule has 3 amide bonds. The van der Waals surface area contributed by atoms with Gasteiger partial charge in [0, 0.05) is 12.2 Å². The number of thiol groups is 1. The molecule has 0 aliphatic heterocycles. The normalized spacial score (nSPS) is 14.3. The maximum atomic E-state index is 12.5. The first-order valence-electron chi connectivity index (χ1n) is 10.1. The standard InChI is InChI=1S/C18H31N5O9S/c19-6-2-1-3-10(18(31)32)21-16(29)11(7-14(26)27)22-17(30)12(8-33)23-15(28)9(20)4-5-13(24)25/h9-12,33H,1-8,19-20H2,(H,21,29)(H,22,30)(H,23,28)(H,24,25)(H,26,27)(H,31,32). The number of unbranched alkanes of at least 4 members (excludes halogenated alkanes) is 1. The summed E-state index contributed by atoms with van der Waals surface area (Å²) in [5, 5.41) is 33.6. The Labute approximate surface area is 195 Å². The Hall–Kier alpha value is -2.91. The van der Waals surface area contributed by atoms with E-state index in [4.69, 9.17) is 21.7 Å². The van der Waals surface area contributed by atoms with Gasteiger partial charge in [-0.3, -0.25) is 24.0 Å². The summed E-state index contributed by atoms with van der Waals surface area (Å²) in [5.74, 6) is -7.01. The quantitative estimate of drug-likeness (QED) is 0.0741. The van der Waals surface area contributed by atoms with E-state index in [-0.39, 0.29) is 25.0 Å². The smallest absolute Gasteiger partial charge is 0.326 e. The van der Waals surface area contributed by atoms with Crippen molar-refractivity contribution in [1.29, 1.82) is 0 Å². The first-order valence-corrected chi connectivity index (χ1v) is 10.7. The van der Waals surface area contributed by atoms with Gasteiger partial charge >= 0.3 is 17.9 Å². The lowest BCUT2D eigenvalue weighted by atomic mass is 10.1. The van der Waals surface area contributed by atoms with Crippen molar-refractivity contribution < 1.29 is 44.1 Å². The maximum absolute atomic E-state index is 12.5. The van der Waals surface area contributed by atoms with Gasteiger partial charge in [-0.1, -0.05) is 0 Å². The summed E-state index contributed by atoms with van der Waals surface area (Å²) in [7, 11) is 0. The van der Waals surface area contributed by atoms with Crippen LogP contribution in [0.5, 0.6) is 0 Å². The van der Waals surface area contributed by atoms with E-state index in [9.17, 15) is 33.9 Å². The fraction of sp³-hybridized carbons (Fsp3) is 0.667. The Morgan fingerprint density at radius 3 is 1.79 bits per heavy atom. The SMILES string of the molecule is NCCCCC(NC(=O)C(CC(=O)O)NC(=O)C(CS)NC(=O)C(N)CCC(=O)O)C(=O)O. The highest BCUT2D eigenvalue weighted by atomic mass is 32.1. The molecule has 0 saturated heterocycles. The summed E-state index contributed by atoms with van der Waals surface area (Å²) in [5.41, 5.74) is 10.9. The fourth-order valence-electron chi connectivity index (χ4n) is 2.56. The largest absolute Gasteiger partial charge is 0.481 e. The van der Waals surface area contributed by atoms with Gasteiger partial charge in [-0.2, -0.15) is 12.6 Å². The van der Waals surface area contributed by atoms with Crippen LogP contribution >= 0.6 is 12.6 Å². The lowest BCUT2D eigenvalue weighted by Crippen LogP contribution is -2.58. The van der Waals surface area contributed by atoms with Crippen LogP contribution in [0.2, 0.25) is 0 Å². The van der Waals surface area contributed by atoms with Crippen LogP contribution in [0.25, 0.3) is 0 Å². The van der Waals surface area contributed by atoms with Crippen molar-refractivity contribution in [3.8, 4) is 0 Å². The number of carbonyl (C=O) groups excluding carboxylic acids is 3. The van der Waals surface area contributed by atoms with Gasteiger partial charge in [0.1, 0.15) is 18.1 Å². The predicted molar refractivity (Wildman–Crippen MR) is 117 cm³/mol. The van der Waals surface area contributed by atoms with Gasteiger partial charge in [0.15, 0.2) is 0 Å². The molecule has 0 radical (unpaired) electrons.